The largest absolute Gasteiger partial charge is 0.573 e. The third-order valence-electron chi connectivity index (χ3n) is 4.72. The van der Waals surface area contributed by atoms with Gasteiger partial charge < -0.3 is 24.3 Å². The Bertz CT molecular complexity index is 868. The fourth-order valence-electron chi connectivity index (χ4n) is 3.50. The Morgan fingerprint density at radius 1 is 1.25 bits per heavy atom. The number of nitro groups is 1. The van der Waals surface area contributed by atoms with Crippen LogP contribution in [-0.4, -0.2) is 39.1 Å². The molecule has 1 fully saturated rings. The van der Waals surface area contributed by atoms with Crippen LogP contribution in [0.15, 0.2) is 30.5 Å². The first-order valence-electron chi connectivity index (χ1n) is 8.65. The molecule has 150 valence electrons. The van der Waals surface area contributed by atoms with Crippen molar-refractivity contribution < 1.29 is 32.3 Å². The average molecular weight is 399 g/mol. The Labute approximate surface area is 157 Å². The molecule has 1 aromatic carbocycles. The van der Waals surface area contributed by atoms with Crippen molar-refractivity contribution in [2.45, 2.75) is 50.5 Å². The van der Waals surface area contributed by atoms with E-state index in [2.05, 4.69) is 9.72 Å². The second-order valence-electron chi connectivity index (χ2n) is 6.72. The molecule has 0 saturated carbocycles. The minimum atomic E-state index is -4.72. The van der Waals surface area contributed by atoms with Crippen molar-refractivity contribution in [1.82, 2.24) is 9.55 Å². The Morgan fingerprint density at radius 3 is 2.68 bits per heavy atom. The Morgan fingerprint density at radius 2 is 2.00 bits per heavy atom. The zero-order valence-corrected chi connectivity index (χ0v) is 14.5. The summed E-state index contributed by atoms with van der Waals surface area (Å²) in [6.45, 7) is 0.399. The van der Waals surface area contributed by atoms with Crippen LogP contribution in [0.3, 0.4) is 0 Å². The van der Waals surface area contributed by atoms with Gasteiger partial charge in [-0.1, -0.05) is 12.1 Å². The molecule has 0 N–H and O–H groups in total. The molecular formula is C17H16F3N3O5. The molecule has 8 nitrogen and oxygen atoms in total. The number of imidazole rings is 1. The Hall–Kier alpha value is -2.82. The molecule has 2 aliphatic rings. The lowest BCUT2D eigenvalue weighted by Gasteiger charge is -2.38. The smallest absolute Gasteiger partial charge is 0.440 e. The lowest BCUT2D eigenvalue weighted by molar-refractivity contribution is -0.389. The van der Waals surface area contributed by atoms with Crippen LogP contribution >= 0.6 is 0 Å². The Kier molecular flexibility index (Phi) is 4.61. The summed E-state index contributed by atoms with van der Waals surface area (Å²) in [5.74, 6) is -0.540. The van der Waals surface area contributed by atoms with E-state index < -0.39 is 11.3 Å². The van der Waals surface area contributed by atoms with Gasteiger partial charge in [-0.3, -0.25) is 4.57 Å². The van der Waals surface area contributed by atoms with Crippen LogP contribution in [0.4, 0.5) is 19.0 Å². The van der Waals surface area contributed by atoms with Crippen LogP contribution in [0.2, 0.25) is 0 Å². The molecule has 4 rings (SSSR count). The maximum Gasteiger partial charge on any atom is 0.573 e. The predicted molar refractivity (Wildman–Crippen MR) is 88.0 cm³/mol. The summed E-state index contributed by atoms with van der Waals surface area (Å²) < 4.78 is 53.9. The van der Waals surface area contributed by atoms with E-state index in [-0.39, 0.29) is 35.9 Å². The van der Waals surface area contributed by atoms with Gasteiger partial charge in [-0.2, -0.15) is 0 Å². The van der Waals surface area contributed by atoms with E-state index in [4.69, 9.17) is 9.47 Å². The van der Waals surface area contributed by atoms with Crippen LogP contribution in [0.5, 0.6) is 11.8 Å². The lowest BCUT2D eigenvalue weighted by Crippen LogP contribution is -2.48. The molecule has 28 heavy (non-hydrogen) atoms. The van der Waals surface area contributed by atoms with Gasteiger partial charge in [0.2, 0.25) is 0 Å². The number of alkyl halides is 3. The van der Waals surface area contributed by atoms with Crippen molar-refractivity contribution in [2.75, 3.05) is 0 Å². The molecule has 0 spiro atoms. The van der Waals surface area contributed by atoms with Crippen molar-refractivity contribution in [3.63, 3.8) is 0 Å². The van der Waals surface area contributed by atoms with Crippen LogP contribution in [0.1, 0.15) is 18.4 Å². The molecule has 1 saturated heterocycles. The summed E-state index contributed by atoms with van der Waals surface area (Å²) >= 11 is 0. The first-order valence-corrected chi connectivity index (χ1v) is 8.65. The highest BCUT2D eigenvalue weighted by atomic mass is 19.4. The maximum absolute atomic E-state index is 12.2. The van der Waals surface area contributed by atoms with E-state index in [1.165, 1.54) is 18.3 Å². The van der Waals surface area contributed by atoms with Crippen molar-refractivity contribution in [2.24, 2.45) is 0 Å². The Balaban J connectivity index is 1.38. The fourth-order valence-corrected chi connectivity index (χ4v) is 3.50. The number of aromatic nitrogens is 2. The van der Waals surface area contributed by atoms with E-state index >= 15 is 0 Å². The number of rotatable bonds is 4. The summed E-state index contributed by atoms with van der Waals surface area (Å²) in [6.07, 6.45) is -2.09. The third kappa shape index (κ3) is 4.03. The molecular weight excluding hydrogens is 383 g/mol. The van der Waals surface area contributed by atoms with Crippen LogP contribution < -0.4 is 9.47 Å². The number of hydrogen-bond acceptors (Lipinski definition) is 6. The topological polar surface area (TPSA) is 88.7 Å². The van der Waals surface area contributed by atoms with E-state index in [0.717, 1.165) is 5.56 Å². The maximum atomic E-state index is 12.2. The first-order chi connectivity index (χ1) is 13.3. The summed E-state index contributed by atoms with van der Waals surface area (Å²) in [6, 6.07) is 5.91. The number of hydrogen-bond donors (Lipinski definition) is 0. The molecule has 2 unspecified atom stereocenters. The first kappa shape index (κ1) is 18.5. The van der Waals surface area contributed by atoms with Crippen molar-refractivity contribution in [1.29, 1.82) is 0 Å². The zero-order valence-electron chi connectivity index (χ0n) is 14.5. The van der Waals surface area contributed by atoms with Crippen molar-refractivity contribution in [3.05, 3.63) is 46.1 Å². The fraction of sp³-hybridized carbons (Fsp3) is 0.471. The van der Waals surface area contributed by atoms with Gasteiger partial charge >= 0.3 is 18.2 Å². The number of nitrogens with zero attached hydrogens (tertiary/aromatic N) is 3. The molecule has 2 aliphatic heterocycles. The summed E-state index contributed by atoms with van der Waals surface area (Å²) in [5, 5.41) is 10.9. The van der Waals surface area contributed by atoms with E-state index in [0.29, 0.717) is 25.8 Å². The SMILES string of the molecule is O=[N+]([O-])c1cn2c(n1)O[C@H]1CCC(Cc3ccc(OC(F)(F)F)cc3)OC1C2. The molecule has 0 aliphatic carbocycles. The summed E-state index contributed by atoms with van der Waals surface area (Å²) in [5.41, 5.74) is 0.827. The molecule has 1 aromatic heterocycles. The van der Waals surface area contributed by atoms with Gasteiger partial charge in [0.1, 0.15) is 24.2 Å². The summed E-state index contributed by atoms with van der Waals surface area (Å²) in [7, 11) is 0. The van der Waals surface area contributed by atoms with E-state index in [1.807, 2.05) is 0 Å². The highest BCUT2D eigenvalue weighted by Crippen LogP contribution is 2.33. The van der Waals surface area contributed by atoms with Gasteiger partial charge in [-0.15, -0.1) is 13.2 Å². The standard InChI is InChI=1S/C17H16F3N3O5/c18-17(19,20)28-11-3-1-10(2-4-11)7-12-5-6-13-14(26-12)8-22-9-15(23(24)25)21-16(22)27-13/h1-4,9,12-14H,5-8H2/t12?,13-,14?/m0/s1. The highest BCUT2D eigenvalue weighted by molar-refractivity contribution is 5.28. The lowest BCUT2D eigenvalue weighted by atomic mass is 9.96. The molecule has 3 atom stereocenters. The second-order valence-corrected chi connectivity index (χ2v) is 6.72. The van der Waals surface area contributed by atoms with Gasteiger partial charge in [0, 0.05) is 4.98 Å². The highest BCUT2D eigenvalue weighted by Gasteiger charge is 2.40. The number of halogens is 3. The average Bonchev–Trinajstić information content (AvgIpc) is 3.03. The molecule has 2 aromatic rings. The predicted octanol–water partition coefficient (Wildman–Crippen LogP) is 3.24. The van der Waals surface area contributed by atoms with Crippen LogP contribution in [-0.2, 0) is 17.7 Å². The van der Waals surface area contributed by atoms with Gasteiger partial charge in [0.05, 0.1) is 12.6 Å². The monoisotopic (exact) mass is 399 g/mol. The van der Waals surface area contributed by atoms with Crippen LogP contribution in [0.25, 0.3) is 0 Å². The number of ether oxygens (including phenoxy) is 3. The third-order valence-corrected chi connectivity index (χ3v) is 4.72. The summed E-state index contributed by atoms with van der Waals surface area (Å²) in [4.78, 5) is 14.1. The molecule has 0 amide bonds. The molecule has 0 radical (unpaired) electrons. The van der Waals surface area contributed by atoms with Crippen molar-refractivity contribution in [3.8, 4) is 11.8 Å². The van der Waals surface area contributed by atoms with Crippen LogP contribution in [0, 0.1) is 10.1 Å². The van der Waals surface area contributed by atoms with Gasteiger partial charge in [0.15, 0.2) is 0 Å². The normalized spacial score (nSPS) is 24.0. The zero-order chi connectivity index (χ0) is 19.9. The van der Waals surface area contributed by atoms with Gasteiger partial charge in [-0.05, 0) is 41.9 Å². The number of fused-ring (bicyclic) bond motifs is 2. The molecule has 3 heterocycles. The second kappa shape index (κ2) is 6.97. The number of benzene rings is 1. The molecule has 0 bridgehead atoms. The minimum Gasteiger partial charge on any atom is -0.440 e. The van der Waals surface area contributed by atoms with Crippen molar-refractivity contribution >= 4 is 5.82 Å². The molecule has 11 heteroatoms. The minimum absolute atomic E-state index is 0.126. The van der Waals surface area contributed by atoms with Gasteiger partial charge in [-0.25, -0.2) is 0 Å². The van der Waals surface area contributed by atoms with E-state index in [9.17, 15) is 23.3 Å². The quantitative estimate of drug-likeness (QED) is 0.579. The van der Waals surface area contributed by atoms with Gasteiger partial charge in [0.25, 0.3) is 0 Å². The van der Waals surface area contributed by atoms with E-state index in [1.54, 1.807) is 16.7 Å².